The summed E-state index contributed by atoms with van der Waals surface area (Å²) >= 11 is 0. The number of phosphoric acid groups is 2. The van der Waals surface area contributed by atoms with Gasteiger partial charge in [0.1, 0.15) is 18.4 Å². The van der Waals surface area contributed by atoms with E-state index in [2.05, 4.69) is 4.98 Å². The first kappa shape index (κ1) is 29.0. The van der Waals surface area contributed by atoms with E-state index in [4.69, 9.17) is 33.0 Å². The smallest absolute Gasteiger partial charge is 0.396 e. The van der Waals surface area contributed by atoms with Gasteiger partial charge in [0.2, 0.25) is 0 Å². The van der Waals surface area contributed by atoms with Crippen LogP contribution in [0, 0.1) is 0 Å². The van der Waals surface area contributed by atoms with Gasteiger partial charge in [-0.25, -0.2) is 13.9 Å². The zero-order valence-electron chi connectivity index (χ0n) is 18.3. The molecule has 15 nitrogen and oxygen atoms in total. The zero-order chi connectivity index (χ0) is 25.2. The highest BCUT2D eigenvalue weighted by Gasteiger charge is 2.43. The summed E-state index contributed by atoms with van der Waals surface area (Å²) in [6.45, 7) is -1.14. The lowest BCUT2D eigenvalue weighted by Gasteiger charge is -2.22. The molecular weight excluding hydrogens is 502 g/mol. The molecule has 0 bridgehead atoms. The van der Waals surface area contributed by atoms with Crippen LogP contribution in [-0.2, 0) is 32.0 Å². The molecule has 17 heteroatoms. The molecule has 5 N–H and O–H groups in total. The van der Waals surface area contributed by atoms with E-state index in [1.165, 1.54) is 0 Å². The third kappa shape index (κ3) is 9.80. The molecule has 1 aliphatic rings. The Labute approximate surface area is 194 Å². The SMILES string of the molecule is O=c1ccn([C@H]2C[C@@H](OP(=O)(O)OCCCCO)[C@@H](COP(=O)(O)OCCCCO)O2)c(=O)[nH]1. The molecule has 2 unspecified atom stereocenters. The zero-order valence-corrected chi connectivity index (χ0v) is 20.1. The number of nitrogens with zero attached hydrogens (tertiary/aromatic N) is 1. The fraction of sp³-hybridized carbons (Fsp3) is 0.765. The molecule has 1 fully saturated rings. The van der Waals surface area contributed by atoms with Gasteiger partial charge in [0.25, 0.3) is 5.56 Å². The first-order valence-corrected chi connectivity index (χ1v) is 13.5. The van der Waals surface area contributed by atoms with Crippen molar-refractivity contribution >= 4 is 15.6 Å². The van der Waals surface area contributed by atoms with Gasteiger partial charge in [-0.05, 0) is 25.7 Å². The highest BCUT2D eigenvalue weighted by atomic mass is 31.2. The molecule has 0 amide bonds. The molecule has 0 radical (unpaired) electrons. The summed E-state index contributed by atoms with van der Waals surface area (Å²) in [7, 11) is -9.11. The largest absolute Gasteiger partial charge is 0.472 e. The number of aliphatic hydroxyl groups excluding tert-OH is 2. The van der Waals surface area contributed by atoms with Crippen LogP contribution in [0.15, 0.2) is 21.9 Å². The van der Waals surface area contributed by atoms with E-state index in [-0.39, 0.29) is 32.8 Å². The first-order chi connectivity index (χ1) is 16.1. The van der Waals surface area contributed by atoms with Crippen LogP contribution < -0.4 is 11.2 Å². The minimum atomic E-state index is -4.60. The summed E-state index contributed by atoms with van der Waals surface area (Å²) < 4.78 is 50.8. The maximum absolute atomic E-state index is 12.3. The third-order valence-corrected chi connectivity index (χ3v) is 6.66. The summed E-state index contributed by atoms with van der Waals surface area (Å²) in [5, 5.41) is 17.5. The topological polar surface area (TPSA) is 216 Å². The number of hydrogen-bond donors (Lipinski definition) is 5. The highest BCUT2D eigenvalue weighted by Crippen LogP contribution is 2.49. The van der Waals surface area contributed by atoms with Crippen LogP contribution in [0.5, 0.6) is 0 Å². The predicted molar refractivity (Wildman–Crippen MR) is 115 cm³/mol. The molecule has 34 heavy (non-hydrogen) atoms. The van der Waals surface area contributed by atoms with Crippen molar-refractivity contribution in [1.29, 1.82) is 0 Å². The molecule has 1 aliphatic heterocycles. The lowest BCUT2D eigenvalue weighted by Crippen LogP contribution is -2.31. The van der Waals surface area contributed by atoms with Crippen molar-refractivity contribution in [3.63, 3.8) is 0 Å². The Morgan fingerprint density at radius 3 is 2.21 bits per heavy atom. The van der Waals surface area contributed by atoms with Crippen LogP contribution in [0.3, 0.4) is 0 Å². The number of hydrogen-bond acceptors (Lipinski definition) is 11. The molecule has 5 atom stereocenters. The molecule has 196 valence electrons. The quantitative estimate of drug-likeness (QED) is 0.140. The molecule has 0 spiro atoms. The maximum atomic E-state index is 12.3. The molecular formula is C17H30N2O13P2. The number of nitrogens with one attached hydrogen (secondary N) is 1. The molecule has 1 aromatic rings. The molecule has 2 rings (SSSR count). The monoisotopic (exact) mass is 532 g/mol. The lowest BCUT2D eigenvalue weighted by atomic mass is 10.2. The lowest BCUT2D eigenvalue weighted by molar-refractivity contribution is -0.0469. The number of unbranched alkanes of at least 4 members (excludes halogenated alkanes) is 2. The van der Waals surface area contributed by atoms with Gasteiger partial charge in [-0.3, -0.25) is 32.4 Å². The minimum Gasteiger partial charge on any atom is -0.396 e. The van der Waals surface area contributed by atoms with Crippen LogP contribution >= 0.6 is 15.6 Å². The number of ether oxygens (including phenoxy) is 1. The van der Waals surface area contributed by atoms with Gasteiger partial charge in [0, 0.05) is 31.9 Å². The van der Waals surface area contributed by atoms with Gasteiger partial charge in [0.15, 0.2) is 0 Å². The van der Waals surface area contributed by atoms with Crippen molar-refractivity contribution < 1.29 is 52.0 Å². The average Bonchev–Trinajstić information content (AvgIpc) is 3.14. The van der Waals surface area contributed by atoms with E-state index in [1.807, 2.05) is 0 Å². The number of H-pyrrole nitrogens is 1. The average molecular weight is 532 g/mol. The minimum absolute atomic E-state index is 0.107. The molecule has 0 aromatic carbocycles. The van der Waals surface area contributed by atoms with Gasteiger partial charge in [-0.15, -0.1) is 0 Å². The Balaban J connectivity index is 2.08. The highest BCUT2D eigenvalue weighted by molar-refractivity contribution is 7.47. The second-order valence-electron chi connectivity index (χ2n) is 7.29. The van der Waals surface area contributed by atoms with Gasteiger partial charge >= 0.3 is 21.3 Å². The van der Waals surface area contributed by atoms with Crippen molar-refractivity contribution in [1.82, 2.24) is 9.55 Å². The van der Waals surface area contributed by atoms with E-state index in [9.17, 15) is 28.5 Å². The molecule has 0 aliphatic carbocycles. The van der Waals surface area contributed by atoms with E-state index in [0.29, 0.717) is 25.7 Å². The standard InChI is InChI=1S/C17H30N2O13P2/c20-7-1-3-9-28-33(24,25)30-12-14-13(32-34(26,27)29-10-4-2-8-21)11-16(31-14)19-6-5-15(22)18-17(19)23/h5-6,13-14,16,20-21H,1-4,7-12H2,(H,24,25)(H,26,27)(H,18,22,23)/t13-,14-,16-/m1/s1. The van der Waals surface area contributed by atoms with Crippen LogP contribution in [0.1, 0.15) is 38.3 Å². The van der Waals surface area contributed by atoms with Gasteiger partial charge in [-0.1, -0.05) is 0 Å². The predicted octanol–water partition coefficient (Wildman–Crippen LogP) is 0.00490. The first-order valence-electron chi connectivity index (χ1n) is 10.5. The van der Waals surface area contributed by atoms with Gasteiger partial charge in [-0.2, -0.15) is 0 Å². The van der Waals surface area contributed by atoms with Crippen LogP contribution in [-0.4, -0.2) is 74.8 Å². The summed E-state index contributed by atoms with van der Waals surface area (Å²) in [6, 6.07) is 1.08. The van der Waals surface area contributed by atoms with Crippen molar-refractivity contribution in [2.24, 2.45) is 0 Å². The summed E-state index contributed by atoms with van der Waals surface area (Å²) in [6.07, 6.45) is -1.11. The normalized spacial score (nSPS) is 24.1. The second kappa shape index (κ2) is 13.8. The number of aromatic nitrogens is 2. The van der Waals surface area contributed by atoms with Crippen LogP contribution in [0.2, 0.25) is 0 Å². The number of aliphatic hydroxyl groups is 2. The van der Waals surface area contributed by atoms with Crippen molar-refractivity contribution in [3.8, 4) is 0 Å². The molecule has 1 aromatic heterocycles. The number of rotatable bonds is 16. The van der Waals surface area contributed by atoms with E-state index >= 15 is 0 Å². The van der Waals surface area contributed by atoms with E-state index < -0.39 is 51.9 Å². The van der Waals surface area contributed by atoms with Crippen molar-refractivity contribution in [2.75, 3.05) is 33.0 Å². The van der Waals surface area contributed by atoms with Crippen LogP contribution in [0.4, 0.5) is 0 Å². The third-order valence-electron chi connectivity index (χ3n) is 4.63. The van der Waals surface area contributed by atoms with E-state index in [1.54, 1.807) is 0 Å². The Morgan fingerprint density at radius 2 is 1.62 bits per heavy atom. The van der Waals surface area contributed by atoms with Crippen LogP contribution in [0.25, 0.3) is 0 Å². The summed E-state index contributed by atoms with van der Waals surface area (Å²) in [5.41, 5.74) is -1.44. The van der Waals surface area contributed by atoms with E-state index in [0.717, 1.165) is 16.8 Å². The Morgan fingerprint density at radius 1 is 1.00 bits per heavy atom. The molecule has 1 saturated heterocycles. The van der Waals surface area contributed by atoms with Gasteiger partial charge < -0.3 is 24.7 Å². The second-order valence-corrected chi connectivity index (χ2v) is 10.1. The Hall–Kier alpha value is -1.22. The van der Waals surface area contributed by atoms with Crippen molar-refractivity contribution in [3.05, 3.63) is 33.1 Å². The van der Waals surface area contributed by atoms with Crippen molar-refractivity contribution in [2.45, 2.75) is 50.5 Å². The maximum Gasteiger partial charge on any atom is 0.472 e. The Kier molecular flexibility index (Phi) is 11.7. The fourth-order valence-corrected chi connectivity index (χ4v) is 4.73. The fourth-order valence-electron chi connectivity index (χ4n) is 2.98. The number of aromatic amines is 1. The molecule has 0 saturated carbocycles. The molecule has 2 heterocycles. The summed E-state index contributed by atoms with van der Waals surface area (Å²) in [4.78, 5) is 45.3. The Bertz CT molecular complexity index is 967. The number of phosphoric ester groups is 2. The van der Waals surface area contributed by atoms with Gasteiger partial charge in [0.05, 0.1) is 19.8 Å². The summed E-state index contributed by atoms with van der Waals surface area (Å²) in [5.74, 6) is 0.